The normalized spacial score (nSPS) is 24.6. The van der Waals surface area contributed by atoms with Gasteiger partial charge in [0.05, 0.1) is 10.7 Å². The third-order valence-electron chi connectivity index (χ3n) is 3.36. The highest BCUT2D eigenvalue weighted by atomic mass is 32.1. The highest BCUT2D eigenvalue weighted by molar-refractivity contribution is 7.09. The lowest BCUT2D eigenvalue weighted by Crippen LogP contribution is -2.30. The van der Waals surface area contributed by atoms with E-state index in [4.69, 9.17) is 10.7 Å². The number of hydrogen-bond acceptors (Lipinski definition) is 4. The summed E-state index contributed by atoms with van der Waals surface area (Å²) in [5, 5.41) is 3.43. The quantitative estimate of drug-likeness (QED) is 0.877. The monoisotopic (exact) mass is 239 g/mol. The van der Waals surface area contributed by atoms with E-state index in [0.29, 0.717) is 18.4 Å². The molecule has 3 nitrogen and oxygen atoms in total. The molecule has 16 heavy (non-hydrogen) atoms. The first-order valence-corrected chi connectivity index (χ1v) is 6.92. The third-order valence-corrected chi connectivity index (χ3v) is 4.45. The van der Waals surface area contributed by atoms with Gasteiger partial charge in [-0.15, -0.1) is 11.3 Å². The summed E-state index contributed by atoms with van der Waals surface area (Å²) in [7, 11) is 2.20. The van der Waals surface area contributed by atoms with Gasteiger partial charge in [-0.1, -0.05) is 6.92 Å². The molecule has 1 fully saturated rings. The van der Waals surface area contributed by atoms with Crippen LogP contribution in [-0.4, -0.2) is 36.6 Å². The predicted molar refractivity (Wildman–Crippen MR) is 69.1 cm³/mol. The number of nitrogens with zero attached hydrogens (tertiary/aromatic N) is 2. The first kappa shape index (κ1) is 12.0. The zero-order valence-electron chi connectivity index (χ0n) is 10.1. The van der Waals surface area contributed by atoms with Crippen LogP contribution in [0.5, 0.6) is 0 Å². The Kier molecular flexibility index (Phi) is 3.95. The molecule has 0 bridgehead atoms. The molecule has 0 aromatic carbocycles. The molecule has 1 aromatic heterocycles. The van der Waals surface area contributed by atoms with Gasteiger partial charge in [0.15, 0.2) is 0 Å². The van der Waals surface area contributed by atoms with Crippen LogP contribution in [-0.2, 0) is 0 Å². The number of likely N-dealkylation sites (tertiary alicyclic amines) is 1. The summed E-state index contributed by atoms with van der Waals surface area (Å²) >= 11 is 1.77. The summed E-state index contributed by atoms with van der Waals surface area (Å²) in [6.07, 6.45) is 2.57. The van der Waals surface area contributed by atoms with Gasteiger partial charge in [0.1, 0.15) is 0 Å². The van der Waals surface area contributed by atoms with Crippen LogP contribution in [0.4, 0.5) is 0 Å². The largest absolute Gasteiger partial charge is 0.330 e. The van der Waals surface area contributed by atoms with Crippen LogP contribution >= 0.6 is 11.3 Å². The molecule has 90 valence electrons. The smallest absolute Gasteiger partial charge is 0.0969 e. The van der Waals surface area contributed by atoms with Crippen molar-refractivity contribution in [1.82, 2.24) is 9.88 Å². The van der Waals surface area contributed by atoms with Crippen LogP contribution < -0.4 is 5.73 Å². The zero-order chi connectivity index (χ0) is 11.5. The summed E-state index contributed by atoms with van der Waals surface area (Å²) in [6.45, 7) is 5.22. The average molecular weight is 239 g/mol. The molecule has 2 rings (SSSR count). The Morgan fingerprint density at radius 2 is 2.50 bits per heavy atom. The Morgan fingerprint density at radius 3 is 3.19 bits per heavy atom. The lowest BCUT2D eigenvalue weighted by molar-refractivity contribution is 0.248. The first-order valence-electron chi connectivity index (χ1n) is 6.04. The molecule has 2 heterocycles. The molecule has 0 saturated carbocycles. The summed E-state index contributed by atoms with van der Waals surface area (Å²) in [4.78, 5) is 7.15. The number of aromatic nitrogens is 1. The standard InChI is InChI=1S/C12H21N3S/c1-9(6-13)12-14-11(8-16-12)10-4-3-5-15(2)7-10/h8-10H,3-7,13H2,1-2H3. The van der Waals surface area contributed by atoms with Crippen molar-refractivity contribution in [1.29, 1.82) is 0 Å². The number of nitrogens with two attached hydrogens (primary N) is 1. The van der Waals surface area contributed by atoms with Gasteiger partial charge >= 0.3 is 0 Å². The molecule has 2 unspecified atom stereocenters. The van der Waals surface area contributed by atoms with Gasteiger partial charge in [0.2, 0.25) is 0 Å². The minimum atomic E-state index is 0.403. The Hall–Kier alpha value is -0.450. The van der Waals surface area contributed by atoms with Crippen LogP contribution in [0.2, 0.25) is 0 Å². The van der Waals surface area contributed by atoms with E-state index in [1.54, 1.807) is 11.3 Å². The van der Waals surface area contributed by atoms with Crippen molar-refractivity contribution in [3.05, 3.63) is 16.1 Å². The van der Waals surface area contributed by atoms with E-state index >= 15 is 0 Å². The fourth-order valence-electron chi connectivity index (χ4n) is 2.22. The van der Waals surface area contributed by atoms with Gasteiger partial charge in [-0.2, -0.15) is 0 Å². The molecule has 2 atom stereocenters. The molecule has 1 aromatic rings. The van der Waals surface area contributed by atoms with Gasteiger partial charge < -0.3 is 10.6 Å². The second kappa shape index (κ2) is 5.25. The molecule has 0 radical (unpaired) electrons. The maximum absolute atomic E-state index is 5.67. The van der Waals surface area contributed by atoms with Gasteiger partial charge in [0, 0.05) is 30.3 Å². The van der Waals surface area contributed by atoms with E-state index < -0.39 is 0 Å². The number of likely N-dealkylation sites (N-methyl/N-ethyl adjacent to an activating group) is 1. The van der Waals surface area contributed by atoms with Crippen LogP contribution in [0.3, 0.4) is 0 Å². The van der Waals surface area contributed by atoms with Gasteiger partial charge in [0.25, 0.3) is 0 Å². The van der Waals surface area contributed by atoms with Crippen molar-refractivity contribution in [3.8, 4) is 0 Å². The van der Waals surface area contributed by atoms with Crippen LogP contribution in [0.15, 0.2) is 5.38 Å². The van der Waals surface area contributed by atoms with Crippen LogP contribution in [0, 0.1) is 0 Å². The maximum atomic E-state index is 5.67. The minimum Gasteiger partial charge on any atom is -0.330 e. The lowest BCUT2D eigenvalue weighted by atomic mass is 9.96. The predicted octanol–water partition coefficient (Wildman–Crippen LogP) is 2.01. The van der Waals surface area contributed by atoms with E-state index in [1.807, 2.05) is 0 Å². The molecule has 2 N–H and O–H groups in total. The average Bonchev–Trinajstić information content (AvgIpc) is 2.77. The van der Waals surface area contributed by atoms with Crippen molar-refractivity contribution in [2.75, 3.05) is 26.7 Å². The van der Waals surface area contributed by atoms with E-state index in [-0.39, 0.29) is 0 Å². The van der Waals surface area contributed by atoms with Crippen molar-refractivity contribution < 1.29 is 0 Å². The Balaban J connectivity index is 2.06. The van der Waals surface area contributed by atoms with Gasteiger partial charge in [-0.3, -0.25) is 0 Å². The summed E-state index contributed by atoms with van der Waals surface area (Å²) in [5.74, 6) is 1.04. The highest BCUT2D eigenvalue weighted by Crippen LogP contribution is 2.29. The molecule has 4 heteroatoms. The van der Waals surface area contributed by atoms with Crippen molar-refractivity contribution in [2.24, 2.45) is 5.73 Å². The summed E-state index contributed by atoms with van der Waals surface area (Å²) in [6, 6.07) is 0. The number of piperidine rings is 1. The minimum absolute atomic E-state index is 0.403. The van der Waals surface area contributed by atoms with E-state index in [1.165, 1.54) is 30.1 Å². The second-order valence-corrected chi connectivity index (χ2v) is 5.74. The van der Waals surface area contributed by atoms with Crippen molar-refractivity contribution in [3.63, 3.8) is 0 Å². The lowest BCUT2D eigenvalue weighted by Gasteiger charge is -2.28. The molecule has 1 aliphatic rings. The Bertz CT molecular complexity index is 337. The molecular formula is C12H21N3S. The van der Waals surface area contributed by atoms with E-state index in [9.17, 15) is 0 Å². The van der Waals surface area contributed by atoms with E-state index in [0.717, 1.165) is 6.54 Å². The van der Waals surface area contributed by atoms with E-state index in [2.05, 4.69) is 24.3 Å². The SMILES string of the molecule is CC(CN)c1nc(C2CCCN(C)C2)cs1. The molecule has 1 saturated heterocycles. The molecule has 0 aliphatic carbocycles. The highest BCUT2D eigenvalue weighted by Gasteiger charge is 2.21. The number of thiazole rings is 1. The van der Waals surface area contributed by atoms with Crippen LogP contribution in [0.25, 0.3) is 0 Å². The third kappa shape index (κ3) is 2.62. The number of rotatable bonds is 3. The zero-order valence-corrected chi connectivity index (χ0v) is 11.0. The fraction of sp³-hybridized carbons (Fsp3) is 0.750. The first-order chi connectivity index (χ1) is 7.70. The molecule has 1 aliphatic heterocycles. The molecule has 0 amide bonds. The fourth-order valence-corrected chi connectivity index (χ4v) is 3.20. The maximum Gasteiger partial charge on any atom is 0.0969 e. The van der Waals surface area contributed by atoms with Gasteiger partial charge in [-0.25, -0.2) is 4.98 Å². The topological polar surface area (TPSA) is 42.1 Å². The Morgan fingerprint density at radius 1 is 1.69 bits per heavy atom. The molecule has 0 spiro atoms. The molecular weight excluding hydrogens is 218 g/mol. The van der Waals surface area contributed by atoms with Crippen molar-refractivity contribution >= 4 is 11.3 Å². The summed E-state index contributed by atoms with van der Waals surface area (Å²) in [5.41, 5.74) is 6.96. The second-order valence-electron chi connectivity index (χ2n) is 4.85. The number of hydrogen-bond donors (Lipinski definition) is 1. The Labute approximate surface area is 102 Å². The van der Waals surface area contributed by atoms with Gasteiger partial charge in [-0.05, 0) is 26.4 Å². The van der Waals surface area contributed by atoms with Crippen molar-refractivity contribution in [2.45, 2.75) is 31.6 Å². The van der Waals surface area contributed by atoms with Crippen LogP contribution in [0.1, 0.15) is 42.3 Å². The summed E-state index contributed by atoms with van der Waals surface area (Å²) < 4.78 is 0.